The summed E-state index contributed by atoms with van der Waals surface area (Å²) in [5.74, 6) is -0.558. The van der Waals surface area contributed by atoms with E-state index in [1.54, 1.807) is 30.2 Å². The average Bonchev–Trinajstić information content (AvgIpc) is 2.81. The van der Waals surface area contributed by atoms with Gasteiger partial charge < -0.3 is 10.2 Å². The van der Waals surface area contributed by atoms with Gasteiger partial charge in [0.15, 0.2) is 0 Å². The van der Waals surface area contributed by atoms with Crippen molar-refractivity contribution in [3.05, 3.63) is 59.6 Å². The van der Waals surface area contributed by atoms with Gasteiger partial charge in [-0.15, -0.1) is 6.58 Å². The maximum Gasteiger partial charge on any atom is 0.322 e. The highest BCUT2D eigenvalue weighted by Gasteiger charge is 2.42. The van der Waals surface area contributed by atoms with E-state index in [1.807, 2.05) is 0 Å². The maximum atomic E-state index is 13.5. The third kappa shape index (κ3) is 2.16. The van der Waals surface area contributed by atoms with Crippen LogP contribution in [0, 0.1) is 5.82 Å². The lowest BCUT2D eigenvalue weighted by atomic mass is 9.96. The molecule has 0 unspecified atom stereocenters. The highest BCUT2D eigenvalue weighted by Crippen LogP contribution is 2.35. The van der Waals surface area contributed by atoms with Gasteiger partial charge in [0, 0.05) is 13.6 Å². The van der Waals surface area contributed by atoms with Gasteiger partial charge in [-0.2, -0.15) is 0 Å². The number of rotatable bonds is 3. The number of hydrogen-bond acceptors (Lipinski definition) is 2. The fourth-order valence-corrected chi connectivity index (χ4v) is 2.86. The van der Waals surface area contributed by atoms with Crippen molar-refractivity contribution in [2.24, 2.45) is 0 Å². The summed E-state index contributed by atoms with van der Waals surface area (Å²) in [5.41, 5.74) is 1.71. The molecule has 0 saturated carbocycles. The van der Waals surface area contributed by atoms with E-state index in [4.69, 9.17) is 0 Å². The van der Waals surface area contributed by atoms with E-state index in [-0.39, 0.29) is 11.9 Å². The number of amides is 3. The Labute approximate surface area is 127 Å². The monoisotopic (exact) mass is 301 g/mol. The van der Waals surface area contributed by atoms with E-state index < -0.39 is 11.9 Å². The van der Waals surface area contributed by atoms with Gasteiger partial charge in [0.05, 0.1) is 23.9 Å². The highest BCUT2D eigenvalue weighted by molar-refractivity contribution is 6.01. The van der Waals surface area contributed by atoms with Crippen molar-refractivity contribution < 1.29 is 14.0 Å². The zero-order chi connectivity index (χ0) is 15.9. The quantitative estimate of drug-likeness (QED) is 0.866. The fourth-order valence-electron chi connectivity index (χ4n) is 2.86. The maximum absolute atomic E-state index is 13.5. The van der Waals surface area contributed by atoms with Gasteiger partial charge in [-0.25, -0.2) is 9.18 Å². The molecule has 0 saturated heterocycles. The first-order chi connectivity index (χ1) is 10.5. The predicted molar refractivity (Wildman–Crippen MR) is 79.2 cm³/mol. The Morgan fingerprint density at radius 1 is 1.45 bits per heavy atom. The normalized spacial score (nSPS) is 21.1. The van der Waals surface area contributed by atoms with E-state index in [9.17, 15) is 14.0 Å². The minimum absolute atomic E-state index is 0.156. The molecule has 2 heterocycles. The number of nitrogens with zero attached hydrogens (tertiary/aromatic N) is 2. The van der Waals surface area contributed by atoms with Gasteiger partial charge in [0.1, 0.15) is 5.82 Å². The smallest absolute Gasteiger partial charge is 0.322 e. The van der Waals surface area contributed by atoms with E-state index in [2.05, 4.69) is 11.9 Å². The lowest BCUT2D eigenvalue weighted by molar-refractivity contribution is -0.125. The molecule has 2 aliphatic heterocycles. The third-order valence-corrected chi connectivity index (χ3v) is 3.97. The zero-order valence-corrected chi connectivity index (χ0v) is 12.2. The minimum atomic E-state index is -0.628. The molecule has 0 bridgehead atoms. The van der Waals surface area contributed by atoms with Crippen molar-refractivity contribution in [1.29, 1.82) is 0 Å². The first kappa shape index (κ1) is 14.3. The van der Waals surface area contributed by atoms with Crippen LogP contribution in [0.1, 0.15) is 11.6 Å². The summed E-state index contributed by atoms with van der Waals surface area (Å²) in [6.07, 6.45) is 1.64. The third-order valence-electron chi connectivity index (χ3n) is 3.97. The number of carbonyl (C=O) groups excluding carboxylic acids is 2. The van der Waals surface area contributed by atoms with Crippen LogP contribution < -0.4 is 5.32 Å². The van der Waals surface area contributed by atoms with Crippen LogP contribution in [-0.2, 0) is 4.79 Å². The second-order valence-electron chi connectivity index (χ2n) is 5.33. The van der Waals surface area contributed by atoms with Gasteiger partial charge in [-0.1, -0.05) is 18.2 Å². The zero-order valence-electron chi connectivity index (χ0n) is 12.2. The van der Waals surface area contributed by atoms with Crippen LogP contribution in [0.15, 0.2) is 48.2 Å². The topological polar surface area (TPSA) is 52.7 Å². The standard InChI is InChI=1S/C16H16FN3O2/c1-3-7-20-9-12-13(15(20)21)14(18-16(22)19(12)2)10-5-4-6-11(17)8-10/h3-6,8,14H,1,7,9H2,2H3,(H,18,22)/t14-/m1/s1. The summed E-state index contributed by atoms with van der Waals surface area (Å²) in [7, 11) is 1.62. The van der Waals surface area contributed by atoms with Crippen LogP contribution in [0.3, 0.4) is 0 Å². The second kappa shape index (κ2) is 5.29. The van der Waals surface area contributed by atoms with Crippen LogP contribution in [0.4, 0.5) is 9.18 Å². The van der Waals surface area contributed by atoms with Crippen molar-refractivity contribution in [1.82, 2.24) is 15.1 Å². The lowest BCUT2D eigenvalue weighted by Crippen LogP contribution is -2.45. The molecule has 0 aliphatic carbocycles. The molecule has 0 spiro atoms. The lowest BCUT2D eigenvalue weighted by Gasteiger charge is -2.31. The van der Waals surface area contributed by atoms with Crippen LogP contribution >= 0.6 is 0 Å². The number of halogens is 1. The molecule has 0 aromatic heterocycles. The van der Waals surface area contributed by atoms with E-state index in [0.29, 0.717) is 29.9 Å². The molecule has 1 aromatic rings. The molecule has 22 heavy (non-hydrogen) atoms. The first-order valence-electron chi connectivity index (χ1n) is 6.96. The summed E-state index contributed by atoms with van der Waals surface area (Å²) < 4.78 is 13.5. The van der Waals surface area contributed by atoms with Gasteiger partial charge in [-0.05, 0) is 17.7 Å². The molecule has 3 amide bonds. The molecule has 1 atom stereocenters. The Morgan fingerprint density at radius 2 is 2.23 bits per heavy atom. The molecule has 5 nitrogen and oxygen atoms in total. The average molecular weight is 301 g/mol. The molecular weight excluding hydrogens is 285 g/mol. The van der Waals surface area contributed by atoms with Crippen molar-refractivity contribution in [2.75, 3.05) is 20.1 Å². The molecule has 0 fully saturated rings. The number of urea groups is 1. The summed E-state index contributed by atoms with van der Waals surface area (Å²) in [6.45, 7) is 4.40. The molecule has 114 valence electrons. The molecule has 3 rings (SSSR count). The van der Waals surface area contributed by atoms with Crippen molar-refractivity contribution in [2.45, 2.75) is 6.04 Å². The van der Waals surface area contributed by atoms with Crippen LogP contribution in [-0.4, -0.2) is 41.9 Å². The molecule has 2 aliphatic rings. The summed E-state index contributed by atoms with van der Waals surface area (Å²) in [6, 6.07) is 5.00. The highest BCUT2D eigenvalue weighted by atomic mass is 19.1. The number of likely N-dealkylation sites (N-methyl/N-ethyl adjacent to an activating group) is 1. The molecule has 0 radical (unpaired) electrons. The number of hydrogen-bond donors (Lipinski definition) is 1. The first-order valence-corrected chi connectivity index (χ1v) is 6.96. The molecule has 1 aromatic carbocycles. The summed E-state index contributed by atoms with van der Waals surface area (Å²) >= 11 is 0. The van der Waals surface area contributed by atoms with Gasteiger partial charge in [0.25, 0.3) is 5.91 Å². The van der Waals surface area contributed by atoms with Crippen molar-refractivity contribution in [3.8, 4) is 0 Å². The van der Waals surface area contributed by atoms with Crippen LogP contribution in [0.2, 0.25) is 0 Å². The van der Waals surface area contributed by atoms with Crippen molar-refractivity contribution in [3.63, 3.8) is 0 Å². The SMILES string of the molecule is C=CCN1CC2=C(C1=O)[C@@H](c1cccc(F)c1)NC(=O)N2C. The molecule has 6 heteroatoms. The Hall–Kier alpha value is -2.63. The number of carbonyl (C=O) groups is 2. The van der Waals surface area contributed by atoms with Crippen LogP contribution in [0.5, 0.6) is 0 Å². The van der Waals surface area contributed by atoms with E-state index in [0.717, 1.165) is 0 Å². The molecule has 1 N–H and O–H groups in total. The Morgan fingerprint density at radius 3 is 2.91 bits per heavy atom. The largest absolute Gasteiger partial charge is 0.329 e. The predicted octanol–water partition coefficient (Wildman–Crippen LogP) is 1.80. The van der Waals surface area contributed by atoms with E-state index >= 15 is 0 Å². The van der Waals surface area contributed by atoms with Gasteiger partial charge >= 0.3 is 6.03 Å². The number of benzene rings is 1. The summed E-state index contributed by atoms with van der Waals surface area (Å²) in [4.78, 5) is 27.8. The Balaban J connectivity index is 2.05. The summed E-state index contributed by atoms with van der Waals surface area (Å²) in [5, 5.41) is 2.76. The fraction of sp³-hybridized carbons (Fsp3) is 0.250. The second-order valence-corrected chi connectivity index (χ2v) is 5.33. The van der Waals surface area contributed by atoms with Gasteiger partial charge in [-0.3, -0.25) is 9.69 Å². The number of nitrogens with one attached hydrogen (secondary N) is 1. The molecular formula is C16H16FN3O2. The van der Waals surface area contributed by atoms with Gasteiger partial charge in [0.2, 0.25) is 0 Å². The van der Waals surface area contributed by atoms with Crippen molar-refractivity contribution >= 4 is 11.9 Å². The van der Waals surface area contributed by atoms with E-state index in [1.165, 1.54) is 17.0 Å². The van der Waals surface area contributed by atoms with Crippen LogP contribution in [0.25, 0.3) is 0 Å². The Kier molecular flexibility index (Phi) is 3.44. The Bertz CT molecular complexity index is 698. The minimum Gasteiger partial charge on any atom is -0.329 e.